The van der Waals surface area contributed by atoms with Crippen molar-refractivity contribution in [2.24, 2.45) is 0 Å². The molecule has 0 saturated carbocycles. The Kier molecular flexibility index (Phi) is 3.49. The number of fused-ring (bicyclic) bond motifs is 1. The molecule has 3 nitrogen and oxygen atoms in total. The summed E-state index contributed by atoms with van der Waals surface area (Å²) in [6.45, 7) is 2.95. The molecule has 2 N–H and O–H groups in total. The van der Waals surface area contributed by atoms with E-state index in [1.165, 1.54) is 5.56 Å². The van der Waals surface area contributed by atoms with Gasteiger partial charge in [-0.25, -0.2) is 0 Å². The molecular formula is C16H15BrN2O. The molecule has 1 heterocycles. The zero-order chi connectivity index (χ0) is 14.1. The first-order chi connectivity index (χ1) is 9.61. The van der Waals surface area contributed by atoms with Crippen molar-refractivity contribution in [3.8, 4) is 0 Å². The van der Waals surface area contributed by atoms with E-state index in [2.05, 4.69) is 26.6 Å². The Labute approximate surface area is 126 Å². The number of carbonyl (C=O) groups excluding carboxylic acids is 1. The summed E-state index contributed by atoms with van der Waals surface area (Å²) in [4.78, 5) is 12.3. The summed E-state index contributed by atoms with van der Waals surface area (Å²) in [6, 6.07) is 11.7. The molecule has 0 atom stereocenters. The molecule has 20 heavy (non-hydrogen) atoms. The van der Waals surface area contributed by atoms with Crippen LogP contribution < -0.4 is 10.6 Å². The Balaban J connectivity index is 1.82. The van der Waals surface area contributed by atoms with Crippen LogP contribution in [-0.2, 0) is 6.42 Å². The number of benzene rings is 2. The topological polar surface area (TPSA) is 41.1 Å². The number of amides is 1. The highest BCUT2D eigenvalue weighted by Crippen LogP contribution is 2.24. The van der Waals surface area contributed by atoms with Gasteiger partial charge in [0.25, 0.3) is 5.91 Å². The van der Waals surface area contributed by atoms with Gasteiger partial charge >= 0.3 is 0 Å². The van der Waals surface area contributed by atoms with Crippen molar-refractivity contribution in [2.45, 2.75) is 13.3 Å². The Morgan fingerprint density at radius 2 is 2.10 bits per heavy atom. The molecule has 2 aromatic carbocycles. The van der Waals surface area contributed by atoms with E-state index in [0.29, 0.717) is 5.56 Å². The van der Waals surface area contributed by atoms with E-state index in [1.807, 2.05) is 43.3 Å². The van der Waals surface area contributed by atoms with Crippen LogP contribution in [0.3, 0.4) is 0 Å². The lowest BCUT2D eigenvalue weighted by molar-refractivity contribution is 0.102. The third-order valence-electron chi connectivity index (χ3n) is 3.38. The molecular weight excluding hydrogens is 316 g/mol. The minimum atomic E-state index is -0.0843. The Morgan fingerprint density at radius 3 is 2.90 bits per heavy atom. The van der Waals surface area contributed by atoms with Gasteiger partial charge in [-0.1, -0.05) is 22.0 Å². The number of aryl methyl sites for hydroxylation is 1. The number of hydrogen-bond donors (Lipinski definition) is 2. The quantitative estimate of drug-likeness (QED) is 0.874. The van der Waals surface area contributed by atoms with E-state index >= 15 is 0 Å². The third kappa shape index (κ3) is 2.70. The van der Waals surface area contributed by atoms with Gasteiger partial charge in [0, 0.05) is 28.0 Å². The molecule has 0 aliphatic carbocycles. The smallest absolute Gasteiger partial charge is 0.255 e. The molecule has 0 aromatic heterocycles. The highest BCUT2D eigenvalue weighted by atomic mass is 79.9. The number of anilines is 2. The molecule has 1 amide bonds. The molecule has 102 valence electrons. The zero-order valence-corrected chi connectivity index (χ0v) is 12.8. The lowest BCUT2D eigenvalue weighted by atomic mass is 10.1. The van der Waals surface area contributed by atoms with Crippen molar-refractivity contribution >= 4 is 33.2 Å². The highest BCUT2D eigenvalue weighted by molar-refractivity contribution is 9.10. The van der Waals surface area contributed by atoms with E-state index in [0.717, 1.165) is 34.4 Å². The summed E-state index contributed by atoms with van der Waals surface area (Å²) >= 11 is 3.44. The lowest BCUT2D eigenvalue weighted by Gasteiger charge is -2.08. The number of carbonyl (C=O) groups is 1. The Morgan fingerprint density at radius 1 is 1.25 bits per heavy atom. The van der Waals surface area contributed by atoms with Crippen molar-refractivity contribution in [1.82, 2.24) is 0 Å². The fourth-order valence-corrected chi connectivity index (χ4v) is 3.05. The van der Waals surface area contributed by atoms with Gasteiger partial charge in [-0.15, -0.1) is 0 Å². The van der Waals surface area contributed by atoms with Crippen LogP contribution in [0.15, 0.2) is 40.9 Å². The van der Waals surface area contributed by atoms with Gasteiger partial charge in [0.05, 0.1) is 0 Å². The summed E-state index contributed by atoms with van der Waals surface area (Å²) in [5.74, 6) is -0.0843. The second kappa shape index (κ2) is 5.29. The van der Waals surface area contributed by atoms with Crippen LogP contribution in [0.1, 0.15) is 21.5 Å². The van der Waals surface area contributed by atoms with Gasteiger partial charge in [0.15, 0.2) is 0 Å². The molecule has 0 saturated heterocycles. The second-order valence-electron chi connectivity index (χ2n) is 5.02. The summed E-state index contributed by atoms with van der Waals surface area (Å²) in [5.41, 5.74) is 4.93. The Hall–Kier alpha value is -1.81. The first-order valence-corrected chi connectivity index (χ1v) is 7.36. The number of hydrogen-bond acceptors (Lipinski definition) is 2. The van der Waals surface area contributed by atoms with Crippen LogP contribution in [0.2, 0.25) is 0 Å². The molecule has 2 aromatic rings. The van der Waals surface area contributed by atoms with Crippen LogP contribution in [0.4, 0.5) is 11.4 Å². The maximum absolute atomic E-state index is 12.3. The van der Waals surface area contributed by atoms with Crippen molar-refractivity contribution in [3.05, 3.63) is 57.6 Å². The van der Waals surface area contributed by atoms with Crippen LogP contribution in [0, 0.1) is 6.92 Å². The predicted molar refractivity (Wildman–Crippen MR) is 85.5 cm³/mol. The molecule has 3 rings (SSSR count). The standard InChI is InChI=1S/C16H15BrN2O/c1-10-6-13(17)9-14(7-10)19-16(20)12-3-2-11-4-5-18-15(11)8-12/h2-3,6-9,18H,4-5H2,1H3,(H,19,20). The first kappa shape index (κ1) is 13.2. The fourth-order valence-electron chi connectivity index (χ4n) is 2.44. The molecule has 1 aliphatic heterocycles. The monoisotopic (exact) mass is 330 g/mol. The van der Waals surface area contributed by atoms with Crippen LogP contribution in [0.5, 0.6) is 0 Å². The average Bonchev–Trinajstić information content (AvgIpc) is 2.84. The van der Waals surface area contributed by atoms with Gasteiger partial charge in [-0.3, -0.25) is 4.79 Å². The SMILES string of the molecule is Cc1cc(Br)cc(NC(=O)c2ccc3c(c2)NCC3)c1. The molecule has 0 radical (unpaired) electrons. The first-order valence-electron chi connectivity index (χ1n) is 6.57. The van der Waals surface area contributed by atoms with Gasteiger partial charge in [-0.05, 0) is 54.8 Å². The number of nitrogens with one attached hydrogen (secondary N) is 2. The van der Waals surface area contributed by atoms with Gasteiger partial charge in [0.2, 0.25) is 0 Å². The van der Waals surface area contributed by atoms with E-state index in [4.69, 9.17) is 0 Å². The molecule has 0 fully saturated rings. The maximum Gasteiger partial charge on any atom is 0.255 e. The van der Waals surface area contributed by atoms with Gasteiger partial charge < -0.3 is 10.6 Å². The molecule has 0 bridgehead atoms. The van der Waals surface area contributed by atoms with E-state index in [1.54, 1.807) is 0 Å². The van der Waals surface area contributed by atoms with E-state index in [9.17, 15) is 4.79 Å². The van der Waals surface area contributed by atoms with Gasteiger partial charge in [-0.2, -0.15) is 0 Å². The highest BCUT2D eigenvalue weighted by Gasteiger charge is 2.13. The zero-order valence-electron chi connectivity index (χ0n) is 11.2. The van der Waals surface area contributed by atoms with Gasteiger partial charge in [0.1, 0.15) is 0 Å². The minimum absolute atomic E-state index is 0.0843. The largest absolute Gasteiger partial charge is 0.384 e. The Bertz CT molecular complexity index is 662. The lowest BCUT2D eigenvalue weighted by Crippen LogP contribution is -2.12. The van der Waals surface area contributed by atoms with Crippen LogP contribution in [-0.4, -0.2) is 12.5 Å². The predicted octanol–water partition coefficient (Wildman–Crippen LogP) is 3.98. The van der Waals surface area contributed by atoms with E-state index in [-0.39, 0.29) is 5.91 Å². The summed E-state index contributed by atoms with van der Waals surface area (Å²) in [7, 11) is 0. The minimum Gasteiger partial charge on any atom is -0.384 e. The van der Waals surface area contributed by atoms with Crippen molar-refractivity contribution < 1.29 is 4.79 Å². The third-order valence-corrected chi connectivity index (χ3v) is 3.84. The normalized spacial score (nSPS) is 12.7. The summed E-state index contributed by atoms with van der Waals surface area (Å²) < 4.78 is 0.962. The molecule has 4 heteroatoms. The molecule has 0 unspecified atom stereocenters. The van der Waals surface area contributed by atoms with Crippen molar-refractivity contribution in [3.63, 3.8) is 0 Å². The van der Waals surface area contributed by atoms with Crippen molar-refractivity contribution in [1.29, 1.82) is 0 Å². The maximum atomic E-state index is 12.3. The summed E-state index contributed by atoms with van der Waals surface area (Å²) in [6.07, 6.45) is 1.03. The molecule has 1 aliphatic rings. The second-order valence-corrected chi connectivity index (χ2v) is 5.94. The van der Waals surface area contributed by atoms with E-state index < -0.39 is 0 Å². The van der Waals surface area contributed by atoms with Crippen LogP contribution >= 0.6 is 15.9 Å². The number of rotatable bonds is 2. The summed E-state index contributed by atoms with van der Waals surface area (Å²) in [5, 5.41) is 6.22. The number of halogens is 1. The molecule has 0 spiro atoms. The fraction of sp³-hybridized carbons (Fsp3) is 0.188. The average molecular weight is 331 g/mol. The van der Waals surface area contributed by atoms with Crippen molar-refractivity contribution in [2.75, 3.05) is 17.2 Å². The van der Waals surface area contributed by atoms with Crippen LogP contribution in [0.25, 0.3) is 0 Å².